The van der Waals surface area contributed by atoms with Gasteiger partial charge >= 0.3 is 0 Å². The molecule has 0 aliphatic rings. The van der Waals surface area contributed by atoms with Gasteiger partial charge in [-0.25, -0.2) is 13.5 Å². The molecule has 0 aliphatic heterocycles. The molecule has 0 fully saturated rings. The Balaban J connectivity index is 1.94. The molecule has 9 heteroatoms. The molecule has 1 heterocycles. The van der Waals surface area contributed by atoms with E-state index >= 15 is 4.39 Å². The highest BCUT2D eigenvalue weighted by atomic mass is 79.9. The van der Waals surface area contributed by atoms with Crippen LogP contribution in [0.25, 0.3) is 33.3 Å². The monoisotopic (exact) mass is 512 g/mol. The molecule has 4 rings (SSSR count). The normalized spacial score (nSPS) is 11.7. The number of aliphatic hydroxyl groups excluding tert-OH is 1. The minimum absolute atomic E-state index is 0.0996. The van der Waals surface area contributed by atoms with E-state index in [1.165, 1.54) is 16.8 Å². The van der Waals surface area contributed by atoms with Gasteiger partial charge in [-0.05, 0) is 76.3 Å². The largest absolute Gasteiger partial charge is 0.392 e. The third kappa shape index (κ3) is 4.37. The molecular formula is C24H19BrF2N4O2. The van der Waals surface area contributed by atoms with Crippen molar-refractivity contribution in [1.29, 1.82) is 5.26 Å². The van der Waals surface area contributed by atoms with Gasteiger partial charge in [0.05, 0.1) is 28.8 Å². The predicted octanol–water partition coefficient (Wildman–Crippen LogP) is 4.94. The van der Waals surface area contributed by atoms with Crippen LogP contribution in [0.5, 0.6) is 0 Å². The number of rotatable bonds is 5. The van der Waals surface area contributed by atoms with Crippen molar-refractivity contribution in [1.82, 2.24) is 15.0 Å². The molecule has 0 atom stereocenters. The molecule has 2 N–H and O–H groups in total. The summed E-state index contributed by atoms with van der Waals surface area (Å²) in [4.78, 5) is 0. The summed E-state index contributed by atoms with van der Waals surface area (Å²) in [5.41, 5.74) is 1.76. The fourth-order valence-electron chi connectivity index (χ4n) is 3.68. The molecule has 33 heavy (non-hydrogen) atoms. The maximum Gasteiger partial charge on any atom is 0.147 e. The van der Waals surface area contributed by atoms with Crippen LogP contribution in [0.1, 0.15) is 25.0 Å². The summed E-state index contributed by atoms with van der Waals surface area (Å²) in [6.07, 6.45) is 0. The topological polar surface area (TPSA) is 95.0 Å². The zero-order valence-electron chi connectivity index (χ0n) is 17.8. The number of aromatic nitrogens is 3. The molecule has 0 unspecified atom stereocenters. The Morgan fingerprint density at radius 2 is 1.85 bits per heavy atom. The lowest BCUT2D eigenvalue weighted by Crippen LogP contribution is -2.26. The number of nitriles is 1. The highest BCUT2D eigenvalue weighted by Gasteiger charge is 2.23. The lowest BCUT2D eigenvalue weighted by molar-refractivity contribution is 0.0584. The van der Waals surface area contributed by atoms with Gasteiger partial charge in [0.2, 0.25) is 0 Å². The molecule has 0 aliphatic carbocycles. The van der Waals surface area contributed by atoms with Gasteiger partial charge in [0, 0.05) is 5.56 Å². The quantitative estimate of drug-likeness (QED) is 0.394. The van der Waals surface area contributed by atoms with Gasteiger partial charge < -0.3 is 10.2 Å². The fraction of sp³-hybridized carbons (Fsp3) is 0.208. The second-order valence-corrected chi connectivity index (χ2v) is 9.12. The van der Waals surface area contributed by atoms with Crippen molar-refractivity contribution in [3.05, 3.63) is 69.7 Å². The number of halogens is 3. The molecule has 0 saturated carbocycles. The van der Waals surface area contributed by atoms with Gasteiger partial charge in [0.15, 0.2) is 0 Å². The second kappa shape index (κ2) is 8.63. The molecule has 1 aromatic heterocycles. The summed E-state index contributed by atoms with van der Waals surface area (Å²) in [5, 5.41) is 37.0. The first-order valence-electron chi connectivity index (χ1n) is 10.0. The summed E-state index contributed by atoms with van der Waals surface area (Å²) < 4.78 is 31.5. The summed E-state index contributed by atoms with van der Waals surface area (Å²) >= 11 is 3.31. The Kier molecular flexibility index (Phi) is 6.01. The highest BCUT2D eigenvalue weighted by Crippen LogP contribution is 2.39. The summed E-state index contributed by atoms with van der Waals surface area (Å²) in [6.45, 7) is 3.10. The Morgan fingerprint density at radius 1 is 1.09 bits per heavy atom. The van der Waals surface area contributed by atoms with Crippen molar-refractivity contribution >= 4 is 27.0 Å². The predicted molar refractivity (Wildman–Crippen MR) is 123 cm³/mol. The zero-order chi connectivity index (χ0) is 23.9. The SMILES string of the molecule is CC(C)(O)Cn1nnc2cc(-c3ccc(CO)cc3-c3ccc(C#N)c(F)c3)c(F)c(Br)c21. The van der Waals surface area contributed by atoms with E-state index in [1.54, 1.807) is 50.2 Å². The van der Waals surface area contributed by atoms with E-state index in [1.807, 2.05) is 0 Å². The Morgan fingerprint density at radius 3 is 2.48 bits per heavy atom. The molecule has 0 bridgehead atoms. The molecule has 3 aromatic carbocycles. The molecule has 6 nitrogen and oxygen atoms in total. The summed E-state index contributed by atoms with van der Waals surface area (Å²) in [6, 6.07) is 12.4. The van der Waals surface area contributed by atoms with Crippen molar-refractivity contribution in [2.45, 2.75) is 32.6 Å². The van der Waals surface area contributed by atoms with Gasteiger partial charge in [0.1, 0.15) is 28.7 Å². The van der Waals surface area contributed by atoms with Crippen molar-refractivity contribution in [2.75, 3.05) is 0 Å². The van der Waals surface area contributed by atoms with Gasteiger partial charge in [-0.15, -0.1) is 5.10 Å². The van der Waals surface area contributed by atoms with Crippen molar-refractivity contribution in [2.24, 2.45) is 0 Å². The van der Waals surface area contributed by atoms with E-state index in [4.69, 9.17) is 5.26 Å². The molecule has 4 aromatic rings. The molecule has 168 valence electrons. The maximum atomic E-state index is 15.6. The minimum atomic E-state index is -1.08. The van der Waals surface area contributed by atoms with Crippen LogP contribution in [-0.4, -0.2) is 30.8 Å². The molecular weight excluding hydrogens is 494 g/mol. The zero-order valence-corrected chi connectivity index (χ0v) is 19.4. The van der Waals surface area contributed by atoms with E-state index in [-0.39, 0.29) is 28.8 Å². The average molecular weight is 513 g/mol. The molecule has 0 radical (unpaired) electrons. The van der Waals surface area contributed by atoms with Crippen LogP contribution in [0, 0.1) is 23.0 Å². The van der Waals surface area contributed by atoms with Crippen LogP contribution in [0.15, 0.2) is 46.9 Å². The van der Waals surface area contributed by atoms with Crippen LogP contribution in [-0.2, 0) is 13.2 Å². The average Bonchev–Trinajstić information content (AvgIpc) is 3.16. The van der Waals surface area contributed by atoms with Crippen LogP contribution in [0.3, 0.4) is 0 Å². The van der Waals surface area contributed by atoms with Gasteiger partial charge in [0.25, 0.3) is 0 Å². The number of benzene rings is 3. The molecule has 0 spiro atoms. The highest BCUT2D eigenvalue weighted by molar-refractivity contribution is 9.10. The standard InChI is InChI=1S/C24H19BrF2N4O2/c1-24(2,33)12-31-23-20(29-30-31)9-18(22(27)21(23)25)16-6-3-13(11-32)7-17(16)14-4-5-15(10-28)19(26)8-14/h3-9,32-33H,11-12H2,1-2H3. The van der Waals surface area contributed by atoms with E-state index in [9.17, 15) is 14.6 Å². The first-order chi connectivity index (χ1) is 15.6. The Hall–Kier alpha value is -3.19. The number of aliphatic hydroxyl groups is 2. The Labute approximate surface area is 196 Å². The van der Waals surface area contributed by atoms with Crippen molar-refractivity contribution in [3.63, 3.8) is 0 Å². The van der Waals surface area contributed by atoms with Gasteiger partial charge in [-0.2, -0.15) is 5.26 Å². The Bertz CT molecular complexity index is 1420. The van der Waals surface area contributed by atoms with E-state index in [0.29, 0.717) is 33.3 Å². The minimum Gasteiger partial charge on any atom is -0.392 e. The third-order valence-electron chi connectivity index (χ3n) is 5.17. The number of fused-ring (bicyclic) bond motifs is 1. The van der Waals surface area contributed by atoms with E-state index in [0.717, 1.165) is 0 Å². The van der Waals surface area contributed by atoms with E-state index in [2.05, 4.69) is 26.2 Å². The van der Waals surface area contributed by atoms with Gasteiger partial charge in [-0.3, -0.25) is 0 Å². The number of nitrogens with zero attached hydrogens (tertiary/aromatic N) is 4. The van der Waals surface area contributed by atoms with Crippen LogP contribution in [0.2, 0.25) is 0 Å². The fourth-order valence-corrected chi connectivity index (χ4v) is 4.30. The second-order valence-electron chi connectivity index (χ2n) is 8.32. The third-order valence-corrected chi connectivity index (χ3v) is 5.90. The molecule has 0 saturated heterocycles. The van der Waals surface area contributed by atoms with Gasteiger partial charge in [-0.1, -0.05) is 23.4 Å². The van der Waals surface area contributed by atoms with Crippen molar-refractivity contribution < 1.29 is 19.0 Å². The smallest absolute Gasteiger partial charge is 0.147 e. The molecule has 0 amide bonds. The van der Waals surface area contributed by atoms with Crippen LogP contribution < -0.4 is 0 Å². The number of hydrogen-bond donors (Lipinski definition) is 2. The lowest BCUT2D eigenvalue weighted by atomic mass is 9.92. The van der Waals surface area contributed by atoms with Crippen LogP contribution >= 0.6 is 15.9 Å². The number of hydrogen-bond acceptors (Lipinski definition) is 5. The first-order valence-corrected chi connectivity index (χ1v) is 10.8. The first kappa shape index (κ1) is 23.0. The summed E-state index contributed by atoms with van der Waals surface area (Å²) in [5.74, 6) is -1.27. The van der Waals surface area contributed by atoms with E-state index < -0.39 is 17.2 Å². The van der Waals surface area contributed by atoms with Crippen molar-refractivity contribution in [3.8, 4) is 28.3 Å². The van der Waals surface area contributed by atoms with Crippen LogP contribution in [0.4, 0.5) is 8.78 Å². The maximum absolute atomic E-state index is 15.6. The lowest BCUT2D eigenvalue weighted by Gasteiger charge is -2.18. The summed E-state index contributed by atoms with van der Waals surface area (Å²) in [7, 11) is 0.